The molecule has 1 aliphatic heterocycles. The van der Waals surface area contributed by atoms with E-state index in [-0.39, 0.29) is 18.1 Å². The molecule has 4 nitrogen and oxygen atoms in total. The Hall–Kier alpha value is -0.610. The van der Waals surface area contributed by atoms with Crippen molar-refractivity contribution >= 4 is 5.97 Å². The van der Waals surface area contributed by atoms with Crippen molar-refractivity contribution < 1.29 is 9.53 Å². The number of hydrogen-bond acceptors (Lipinski definition) is 4. The van der Waals surface area contributed by atoms with E-state index in [2.05, 4.69) is 4.90 Å². The molecule has 0 saturated carbocycles. The number of nitrogens with two attached hydrogens (primary N) is 1. The Balaban J connectivity index is 2.58. The minimum Gasteiger partial charge on any atom is -0.468 e. The molecule has 1 fully saturated rings. The monoisotopic (exact) mass is 186 g/mol. The van der Waals surface area contributed by atoms with Gasteiger partial charge in [-0.25, -0.2) is 0 Å². The van der Waals surface area contributed by atoms with E-state index in [1.54, 1.807) is 0 Å². The Morgan fingerprint density at radius 2 is 2.46 bits per heavy atom. The lowest BCUT2D eigenvalue weighted by Crippen LogP contribution is -2.45. The molecule has 0 amide bonds. The van der Waals surface area contributed by atoms with Crippen molar-refractivity contribution in [1.29, 1.82) is 0 Å². The lowest BCUT2D eigenvalue weighted by atomic mass is 10.2. The van der Waals surface area contributed by atoms with Gasteiger partial charge in [0, 0.05) is 12.6 Å². The van der Waals surface area contributed by atoms with Crippen LogP contribution in [0.25, 0.3) is 0 Å². The van der Waals surface area contributed by atoms with Gasteiger partial charge in [0.2, 0.25) is 0 Å². The second kappa shape index (κ2) is 4.58. The van der Waals surface area contributed by atoms with Crippen molar-refractivity contribution in [3.05, 3.63) is 0 Å². The molecule has 1 saturated heterocycles. The van der Waals surface area contributed by atoms with E-state index in [0.29, 0.717) is 6.54 Å². The largest absolute Gasteiger partial charge is 0.468 e. The SMILES string of the molecule is COC(=O)C1CCCN1C(C)CN. The molecule has 0 radical (unpaired) electrons. The summed E-state index contributed by atoms with van der Waals surface area (Å²) < 4.78 is 4.74. The zero-order chi connectivity index (χ0) is 9.84. The standard InChI is InChI=1S/C9H18N2O2/c1-7(6-10)11-5-3-4-8(11)9(12)13-2/h7-8H,3-6,10H2,1-2H3. The smallest absolute Gasteiger partial charge is 0.323 e. The molecule has 0 bridgehead atoms. The summed E-state index contributed by atoms with van der Waals surface area (Å²) in [5.41, 5.74) is 5.56. The highest BCUT2D eigenvalue weighted by molar-refractivity contribution is 5.76. The maximum absolute atomic E-state index is 11.3. The van der Waals surface area contributed by atoms with E-state index in [9.17, 15) is 4.79 Å². The zero-order valence-electron chi connectivity index (χ0n) is 8.32. The van der Waals surface area contributed by atoms with Crippen LogP contribution in [-0.2, 0) is 9.53 Å². The predicted molar refractivity (Wildman–Crippen MR) is 50.3 cm³/mol. The molecule has 1 rings (SSSR count). The number of nitrogens with zero attached hydrogens (tertiary/aromatic N) is 1. The van der Waals surface area contributed by atoms with Gasteiger partial charge in [-0.05, 0) is 26.3 Å². The van der Waals surface area contributed by atoms with Crippen molar-refractivity contribution in [2.24, 2.45) is 5.73 Å². The van der Waals surface area contributed by atoms with Gasteiger partial charge >= 0.3 is 5.97 Å². The molecule has 0 spiro atoms. The quantitative estimate of drug-likeness (QED) is 0.629. The van der Waals surface area contributed by atoms with Crippen molar-refractivity contribution in [2.45, 2.75) is 31.8 Å². The molecule has 0 aromatic heterocycles. The van der Waals surface area contributed by atoms with Crippen molar-refractivity contribution in [3.8, 4) is 0 Å². The first-order chi connectivity index (χ1) is 6.20. The highest BCUT2D eigenvalue weighted by Gasteiger charge is 2.33. The summed E-state index contributed by atoms with van der Waals surface area (Å²) in [7, 11) is 1.44. The fourth-order valence-electron chi connectivity index (χ4n) is 1.84. The molecule has 0 aromatic rings. The third-order valence-electron chi connectivity index (χ3n) is 2.67. The van der Waals surface area contributed by atoms with Gasteiger partial charge in [0.1, 0.15) is 6.04 Å². The molecule has 1 heterocycles. The summed E-state index contributed by atoms with van der Waals surface area (Å²) in [6.07, 6.45) is 1.96. The first kappa shape index (κ1) is 10.5. The summed E-state index contributed by atoms with van der Waals surface area (Å²) in [5.74, 6) is -0.127. The van der Waals surface area contributed by atoms with Gasteiger partial charge in [-0.3, -0.25) is 9.69 Å². The summed E-state index contributed by atoms with van der Waals surface area (Å²) in [5, 5.41) is 0. The first-order valence-corrected chi connectivity index (χ1v) is 4.74. The number of ether oxygens (including phenoxy) is 1. The number of hydrogen-bond donors (Lipinski definition) is 1. The third kappa shape index (κ3) is 2.19. The van der Waals surface area contributed by atoms with E-state index in [1.165, 1.54) is 7.11 Å². The molecule has 1 aliphatic rings. The van der Waals surface area contributed by atoms with Gasteiger partial charge in [-0.15, -0.1) is 0 Å². The molecule has 0 aliphatic carbocycles. The van der Waals surface area contributed by atoms with E-state index in [0.717, 1.165) is 19.4 Å². The van der Waals surface area contributed by atoms with Crippen LogP contribution in [0.2, 0.25) is 0 Å². The first-order valence-electron chi connectivity index (χ1n) is 4.74. The van der Waals surface area contributed by atoms with Gasteiger partial charge in [0.25, 0.3) is 0 Å². The van der Waals surface area contributed by atoms with Gasteiger partial charge in [0.15, 0.2) is 0 Å². The van der Waals surface area contributed by atoms with Crippen LogP contribution in [0, 0.1) is 0 Å². The Morgan fingerprint density at radius 3 is 3.00 bits per heavy atom. The highest BCUT2D eigenvalue weighted by Crippen LogP contribution is 2.20. The number of carbonyl (C=O) groups is 1. The molecular formula is C9H18N2O2. The van der Waals surface area contributed by atoms with Crippen LogP contribution in [0.5, 0.6) is 0 Å². The van der Waals surface area contributed by atoms with Gasteiger partial charge < -0.3 is 10.5 Å². The Labute approximate surface area is 79.0 Å². The average molecular weight is 186 g/mol. The Kier molecular flexibility index (Phi) is 3.69. The molecule has 76 valence electrons. The fraction of sp³-hybridized carbons (Fsp3) is 0.889. The maximum atomic E-state index is 11.3. The van der Waals surface area contributed by atoms with E-state index < -0.39 is 0 Å². The van der Waals surface area contributed by atoms with Gasteiger partial charge in [-0.1, -0.05) is 0 Å². The second-order valence-corrected chi connectivity index (χ2v) is 3.50. The fourth-order valence-corrected chi connectivity index (χ4v) is 1.84. The van der Waals surface area contributed by atoms with E-state index >= 15 is 0 Å². The lowest BCUT2D eigenvalue weighted by molar-refractivity contribution is -0.146. The summed E-state index contributed by atoms with van der Waals surface area (Å²) in [6, 6.07) is 0.204. The molecule has 13 heavy (non-hydrogen) atoms. The summed E-state index contributed by atoms with van der Waals surface area (Å²) in [6.45, 7) is 3.59. The van der Waals surface area contributed by atoms with Crippen LogP contribution >= 0.6 is 0 Å². The zero-order valence-corrected chi connectivity index (χ0v) is 8.32. The molecule has 0 aromatic carbocycles. The highest BCUT2D eigenvalue weighted by atomic mass is 16.5. The van der Waals surface area contributed by atoms with Crippen molar-refractivity contribution in [1.82, 2.24) is 4.90 Å². The maximum Gasteiger partial charge on any atom is 0.323 e. The Bertz CT molecular complexity index is 184. The van der Waals surface area contributed by atoms with E-state index in [1.807, 2.05) is 6.92 Å². The molecule has 2 unspecified atom stereocenters. The normalized spacial score (nSPS) is 25.9. The minimum atomic E-state index is -0.127. The van der Waals surface area contributed by atoms with Crippen LogP contribution in [0.4, 0.5) is 0 Å². The summed E-state index contributed by atoms with van der Waals surface area (Å²) in [4.78, 5) is 13.5. The lowest BCUT2D eigenvalue weighted by Gasteiger charge is -2.27. The van der Waals surface area contributed by atoms with Crippen LogP contribution in [-0.4, -0.2) is 43.2 Å². The number of likely N-dealkylation sites (tertiary alicyclic amines) is 1. The molecular weight excluding hydrogens is 168 g/mol. The van der Waals surface area contributed by atoms with Gasteiger partial charge in [0.05, 0.1) is 7.11 Å². The minimum absolute atomic E-state index is 0.0662. The number of methoxy groups -OCH3 is 1. The Morgan fingerprint density at radius 1 is 1.77 bits per heavy atom. The molecule has 2 atom stereocenters. The van der Waals surface area contributed by atoms with Crippen LogP contribution < -0.4 is 5.73 Å². The van der Waals surface area contributed by atoms with Crippen molar-refractivity contribution in [3.63, 3.8) is 0 Å². The third-order valence-corrected chi connectivity index (χ3v) is 2.67. The van der Waals surface area contributed by atoms with E-state index in [4.69, 9.17) is 10.5 Å². The number of esters is 1. The summed E-state index contributed by atoms with van der Waals surface area (Å²) >= 11 is 0. The average Bonchev–Trinajstić information content (AvgIpc) is 2.63. The predicted octanol–water partition coefficient (Wildman–Crippen LogP) is -0.0290. The van der Waals surface area contributed by atoms with Gasteiger partial charge in [-0.2, -0.15) is 0 Å². The number of carbonyl (C=O) groups excluding carboxylic acids is 1. The van der Waals surface area contributed by atoms with Crippen molar-refractivity contribution in [2.75, 3.05) is 20.2 Å². The molecule has 4 heteroatoms. The molecule has 2 N–H and O–H groups in total. The van der Waals surface area contributed by atoms with Crippen LogP contribution in [0.3, 0.4) is 0 Å². The topological polar surface area (TPSA) is 55.6 Å². The number of rotatable bonds is 3. The van der Waals surface area contributed by atoms with Crippen LogP contribution in [0.15, 0.2) is 0 Å². The van der Waals surface area contributed by atoms with Crippen LogP contribution in [0.1, 0.15) is 19.8 Å². The second-order valence-electron chi connectivity index (χ2n) is 3.50.